The van der Waals surface area contributed by atoms with Gasteiger partial charge in [0, 0.05) is 17.1 Å². The van der Waals surface area contributed by atoms with E-state index in [0.29, 0.717) is 5.82 Å². The number of rotatable bonds is 1. The van der Waals surface area contributed by atoms with Crippen LogP contribution in [0.3, 0.4) is 0 Å². The largest absolute Gasteiger partial charge is 0.382 e. The normalized spacial score (nSPS) is 10.9. The van der Waals surface area contributed by atoms with Crippen molar-refractivity contribution in [2.45, 2.75) is 6.92 Å². The van der Waals surface area contributed by atoms with Gasteiger partial charge in [0.15, 0.2) is 0 Å². The number of hydrogen-bond donors (Lipinski definition) is 1. The van der Waals surface area contributed by atoms with Crippen LogP contribution in [0.1, 0.15) is 5.69 Å². The summed E-state index contributed by atoms with van der Waals surface area (Å²) in [7, 11) is 0. The number of anilines is 1. The minimum absolute atomic E-state index is 0.503. The van der Waals surface area contributed by atoms with E-state index in [2.05, 4.69) is 15.3 Å². The minimum Gasteiger partial charge on any atom is -0.382 e. The van der Waals surface area contributed by atoms with E-state index < -0.39 is 0 Å². The predicted octanol–water partition coefficient (Wildman–Crippen LogP) is 1.71. The zero-order valence-corrected chi connectivity index (χ0v) is 9.33. The fourth-order valence-electron chi connectivity index (χ4n) is 1.90. The Morgan fingerprint density at radius 3 is 2.82 bits per heavy atom. The number of nitrogens with zero attached hydrogens (tertiary/aromatic N) is 4. The molecule has 2 heterocycles. The first-order valence-electron chi connectivity index (χ1n) is 5.28. The Morgan fingerprint density at radius 1 is 1.24 bits per heavy atom. The monoisotopic (exact) mass is 225 g/mol. The first kappa shape index (κ1) is 9.77. The van der Waals surface area contributed by atoms with Gasteiger partial charge in [-0.1, -0.05) is 18.2 Å². The molecule has 3 rings (SSSR count). The Balaban J connectivity index is 2.34. The molecule has 1 aromatic carbocycles. The second kappa shape index (κ2) is 3.55. The standard InChI is InChI=1S/C12H11N5/c1-8-6-12(13)16-17(8)11-7-14-15-10-5-3-2-4-9(10)11/h2-7H,1H3,(H2,13,16). The molecule has 2 aromatic heterocycles. The topological polar surface area (TPSA) is 69.6 Å². The maximum Gasteiger partial charge on any atom is 0.146 e. The Hall–Kier alpha value is -2.43. The molecule has 0 amide bonds. The number of fused-ring (bicyclic) bond motifs is 1. The van der Waals surface area contributed by atoms with Gasteiger partial charge < -0.3 is 5.73 Å². The maximum atomic E-state index is 5.69. The van der Waals surface area contributed by atoms with Crippen LogP contribution in [0.4, 0.5) is 5.82 Å². The molecule has 0 saturated heterocycles. The molecule has 0 fully saturated rings. The summed E-state index contributed by atoms with van der Waals surface area (Å²) in [5, 5.41) is 13.3. The Kier molecular flexibility index (Phi) is 2.04. The highest BCUT2D eigenvalue weighted by molar-refractivity contribution is 5.86. The van der Waals surface area contributed by atoms with Crippen LogP contribution in [-0.4, -0.2) is 20.0 Å². The van der Waals surface area contributed by atoms with Gasteiger partial charge in [0.05, 0.1) is 17.4 Å². The second-order valence-corrected chi connectivity index (χ2v) is 3.87. The Bertz CT molecular complexity index is 681. The number of hydrogen-bond acceptors (Lipinski definition) is 4. The highest BCUT2D eigenvalue weighted by atomic mass is 15.3. The Labute approximate surface area is 97.9 Å². The van der Waals surface area contributed by atoms with Crippen molar-refractivity contribution in [3.63, 3.8) is 0 Å². The van der Waals surface area contributed by atoms with Gasteiger partial charge in [0.25, 0.3) is 0 Å². The van der Waals surface area contributed by atoms with Crippen molar-refractivity contribution in [3.05, 3.63) is 42.2 Å². The van der Waals surface area contributed by atoms with Gasteiger partial charge >= 0.3 is 0 Å². The zero-order valence-electron chi connectivity index (χ0n) is 9.33. The third-order valence-corrected chi connectivity index (χ3v) is 2.66. The molecule has 0 saturated carbocycles. The molecule has 2 N–H and O–H groups in total. The van der Waals surface area contributed by atoms with Crippen molar-refractivity contribution in [1.82, 2.24) is 20.0 Å². The van der Waals surface area contributed by atoms with Crippen LogP contribution in [0, 0.1) is 6.92 Å². The van der Waals surface area contributed by atoms with Crippen molar-refractivity contribution in [1.29, 1.82) is 0 Å². The van der Waals surface area contributed by atoms with Crippen LogP contribution >= 0.6 is 0 Å². The van der Waals surface area contributed by atoms with E-state index in [-0.39, 0.29) is 0 Å². The van der Waals surface area contributed by atoms with E-state index in [4.69, 9.17) is 5.73 Å². The second-order valence-electron chi connectivity index (χ2n) is 3.87. The number of benzene rings is 1. The summed E-state index contributed by atoms with van der Waals surface area (Å²) in [6, 6.07) is 9.65. The number of nitrogens with two attached hydrogens (primary N) is 1. The summed E-state index contributed by atoms with van der Waals surface area (Å²) in [5.41, 5.74) is 8.40. The lowest BCUT2D eigenvalue weighted by Crippen LogP contribution is -2.02. The van der Waals surface area contributed by atoms with E-state index in [1.54, 1.807) is 10.9 Å². The molecule has 3 aromatic rings. The lowest BCUT2D eigenvalue weighted by molar-refractivity contribution is 0.846. The van der Waals surface area contributed by atoms with Crippen LogP contribution in [0.2, 0.25) is 0 Å². The number of nitrogen functional groups attached to an aromatic ring is 1. The van der Waals surface area contributed by atoms with Crippen LogP contribution in [0.15, 0.2) is 36.5 Å². The van der Waals surface area contributed by atoms with E-state index >= 15 is 0 Å². The summed E-state index contributed by atoms with van der Waals surface area (Å²) >= 11 is 0. The van der Waals surface area contributed by atoms with E-state index in [1.165, 1.54) is 0 Å². The third-order valence-electron chi connectivity index (χ3n) is 2.66. The zero-order chi connectivity index (χ0) is 11.8. The molecule has 0 spiro atoms. The van der Waals surface area contributed by atoms with Gasteiger partial charge in [-0.05, 0) is 13.0 Å². The van der Waals surface area contributed by atoms with Gasteiger partial charge in [-0.2, -0.15) is 15.3 Å². The van der Waals surface area contributed by atoms with Gasteiger partial charge in [-0.15, -0.1) is 0 Å². The fraction of sp³-hybridized carbons (Fsp3) is 0.0833. The number of aryl methyl sites for hydroxylation is 1. The molecule has 0 aliphatic rings. The average Bonchev–Trinajstić information content (AvgIpc) is 2.68. The maximum absolute atomic E-state index is 5.69. The molecule has 0 aliphatic carbocycles. The van der Waals surface area contributed by atoms with E-state index in [9.17, 15) is 0 Å². The predicted molar refractivity (Wildman–Crippen MR) is 65.8 cm³/mol. The van der Waals surface area contributed by atoms with E-state index in [1.807, 2.05) is 37.3 Å². The first-order chi connectivity index (χ1) is 8.25. The van der Waals surface area contributed by atoms with Crippen molar-refractivity contribution < 1.29 is 0 Å². The van der Waals surface area contributed by atoms with Crippen molar-refractivity contribution in [2.24, 2.45) is 0 Å². The molecule has 0 atom stereocenters. The molecule has 5 heteroatoms. The Morgan fingerprint density at radius 2 is 2.06 bits per heavy atom. The van der Waals surface area contributed by atoms with Crippen LogP contribution in [0.25, 0.3) is 16.6 Å². The SMILES string of the molecule is Cc1cc(N)nn1-c1cnnc2ccccc12. The van der Waals surface area contributed by atoms with Crippen molar-refractivity contribution in [2.75, 3.05) is 5.73 Å². The van der Waals surface area contributed by atoms with Crippen LogP contribution in [-0.2, 0) is 0 Å². The third kappa shape index (κ3) is 1.52. The molecule has 0 radical (unpaired) electrons. The smallest absolute Gasteiger partial charge is 0.146 e. The van der Waals surface area contributed by atoms with Crippen molar-refractivity contribution >= 4 is 16.7 Å². The minimum atomic E-state index is 0.503. The summed E-state index contributed by atoms with van der Waals surface area (Å²) in [6.45, 7) is 1.96. The summed E-state index contributed by atoms with van der Waals surface area (Å²) in [4.78, 5) is 0. The van der Waals surface area contributed by atoms with E-state index in [0.717, 1.165) is 22.3 Å². The summed E-state index contributed by atoms with van der Waals surface area (Å²) in [6.07, 6.45) is 1.70. The molecule has 0 aliphatic heterocycles. The average molecular weight is 225 g/mol. The lowest BCUT2D eigenvalue weighted by Gasteiger charge is -2.06. The van der Waals surface area contributed by atoms with Gasteiger partial charge in [0.1, 0.15) is 5.82 Å². The first-order valence-corrected chi connectivity index (χ1v) is 5.28. The summed E-state index contributed by atoms with van der Waals surface area (Å²) in [5.74, 6) is 0.503. The quantitative estimate of drug-likeness (QED) is 0.684. The molecule has 84 valence electrons. The van der Waals surface area contributed by atoms with Crippen molar-refractivity contribution in [3.8, 4) is 5.69 Å². The van der Waals surface area contributed by atoms with Gasteiger partial charge in [0.2, 0.25) is 0 Å². The fourth-order valence-corrected chi connectivity index (χ4v) is 1.90. The number of aromatic nitrogens is 4. The molecular formula is C12H11N5. The molecular weight excluding hydrogens is 214 g/mol. The highest BCUT2D eigenvalue weighted by Crippen LogP contribution is 2.20. The molecule has 5 nitrogen and oxygen atoms in total. The molecule has 0 bridgehead atoms. The highest BCUT2D eigenvalue weighted by Gasteiger charge is 2.08. The molecule has 0 unspecified atom stereocenters. The molecule has 17 heavy (non-hydrogen) atoms. The lowest BCUT2D eigenvalue weighted by atomic mass is 10.2. The van der Waals surface area contributed by atoms with Gasteiger partial charge in [-0.25, -0.2) is 4.68 Å². The van der Waals surface area contributed by atoms with Gasteiger partial charge in [-0.3, -0.25) is 0 Å². The van der Waals surface area contributed by atoms with Crippen LogP contribution in [0.5, 0.6) is 0 Å². The van der Waals surface area contributed by atoms with Crippen LogP contribution < -0.4 is 5.73 Å². The summed E-state index contributed by atoms with van der Waals surface area (Å²) < 4.78 is 1.78.